The number of pyridine rings is 1. The Morgan fingerprint density at radius 2 is 1.33 bits per heavy atom. The largest absolute Gasteiger partial charge is 0.476 e. The number of aromatic nitrogens is 1. The predicted octanol–water partition coefficient (Wildman–Crippen LogP) is 4.83. The van der Waals surface area contributed by atoms with Crippen molar-refractivity contribution in [3.8, 4) is 11.1 Å². The minimum Gasteiger partial charge on any atom is -0.476 e. The van der Waals surface area contributed by atoms with Gasteiger partial charge in [-0.1, -0.05) is 78.9 Å². The van der Waals surface area contributed by atoms with Gasteiger partial charge in [-0.2, -0.15) is 0 Å². The summed E-state index contributed by atoms with van der Waals surface area (Å²) >= 11 is 0. The number of aromatic carboxylic acids is 1. The molecule has 0 spiro atoms. The number of nitrogens with zero attached hydrogens (tertiary/aromatic N) is 1. The second-order valence-corrected chi connectivity index (χ2v) is 6.09. The van der Waals surface area contributed by atoms with E-state index in [0.717, 1.165) is 10.9 Å². The molecule has 0 saturated carbocycles. The molecule has 4 heteroatoms. The second kappa shape index (κ2) is 6.84. The predicted molar refractivity (Wildman–Crippen MR) is 104 cm³/mol. The highest BCUT2D eigenvalue weighted by atomic mass is 16.4. The molecule has 0 aliphatic heterocycles. The van der Waals surface area contributed by atoms with Gasteiger partial charge in [-0.3, -0.25) is 4.79 Å². The van der Waals surface area contributed by atoms with Crippen molar-refractivity contribution in [1.82, 2.24) is 4.98 Å². The number of hydrogen-bond acceptors (Lipinski definition) is 3. The molecule has 4 aromatic rings. The monoisotopic (exact) mass is 353 g/mol. The maximum Gasteiger partial charge on any atom is 0.355 e. The van der Waals surface area contributed by atoms with Crippen LogP contribution in [0.4, 0.5) is 0 Å². The van der Waals surface area contributed by atoms with Crippen LogP contribution >= 0.6 is 0 Å². The Balaban J connectivity index is 2.13. The van der Waals surface area contributed by atoms with E-state index in [9.17, 15) is 14.7 Å². The summed E-state index contributed by atoms with van der Waals surface area (Å²) in [7, 11) is 0. The van der Waals surface area contributed by atoms with Gasteiger partial charge in [0, 0.05) is 16.5 Å². The van der Waals surface area contributed by atoms with E-state index in [1.54, 1.807) is 36.4 Å². The molecule has 0 radical (unpaired) electrons. The van der Waals surface area contributed by atoms with E-state index in [2.05, 4.69) is 4.98 Å². The molecular formula is C23H15NO3. The molecule has 1 aromatic heterocycles. The van der Waals surface area contributed by atoms with E-state index in [0.29, 0.717) is 16.6 Å². The lowest BCUT2D eigenvalue weighted by Gasteiger charge is -2.15. The Hall–Kier alpha value is -3.79. The Labute approximate surface area is 155 Å². The number of carbonyl (C=O) groups is 2. The van der Waals surface area contributed by atoms with E-state index >= 15 is 0 Å². The van der Waals surface area contributed by atoms with Crippen LogP contribution in [0.3, 0.4) is 0 Å². The fraction of sp³-hybridized carbons (Fsp3) is 0. The zero-order chi connectivity index (χ0) is 18.8. The van der Waals surface area contributed by atoms with Crippen molar-refractivity contribution in [3.05, 3.63) is 102 Å². The number of carboxylic acids is 1. The van der Waals surface area contributed by atoms with E-state index in [-0.39, 0.29) is 17.0 Å². The van der Waals surface area contributed by atoms with Gasteiger partial charge in [-0.25, -0.2) is 9.78 Å². The lowest BCUT2D eigenvalue weighted by molar-refractivity contribution is 0.0686. The summed E-state index contributed by atoms with van der Waals surface area (Å²) in [5, 5.41) is 10.5. The van der Waals surface area contributed by atoms with Gasteiger partial charge in [0.05, 0.1) is 11.1 Å². The molecule has 1 heterocycles. The third kappa shape index (κ3) is 2.98. The Morgan fingerprint density at radius 3 is 2.00 bits per heavy atom. The zero-order valence-corrected chi connectivity index (χ0v) is 14.3. The van der Waals surface area contributed by atoms with Crippen LogP contribution in [0, 0.1) is 0 Å². The molecule has 3 aromatic carbocycles. The smallest absolute Gasteiger partial charge is 0.355 e. The van der Waals surface area contributed by atoms with Crippen LogP contribution in [0.1, 0.15) is 26.4 Å². The molecule has 0 atom stereocenters. The molecule has 0 bridgehead atoms. The minimum absolute atomic E-state index is 0.110. The van der Waals surface area contributed by atoms with Crippen molar-refractivity contribution in [2.45, 2.75) is 0 Å². The third-order valence-electron chi connectivity index (χ3n) is 4.42. The molecule has 130 valence electrons. The lowest BCUT2D eigenvalue weighted by atomic mass is 9.89. The molecule has 27 heavy (non-hydrogen) atoms. The van der Waals surface area contributed by atoms with Crippen molar-refractivity contribution in [2.24, 2.45) is 0 Å². The van der Waals surface area contributed by atoms with Crippen LogP contribution in [0.5, 0.6) is 0 Å². The molecule has 4 nitrogen and oxygen atoms in total. The maximum absolute atomic E-state index is 13.3. The number of rotatable bonds is 4. The van der Waals surface area contributed by atoms with Gasteiger partial charge < -0.3 is 5.11 Å². The van der Waals surface area contributed by atoms with Crippen molar-refractivity contribution in [2.75, 3.05) is 0 Å². The molecule has 0 amide bonds. The Bertz CT molecular complexity index is 1150. The maximum atomic E-state index is 13.3. The van der Waals surface area contributed by atoms with Gasteiger partial charge in [-0.15, -0.1) is 0 Å². The number of carboxylic acid groups (broad SMARTS) is 1. The van der Waals surface area contributed by atoms with Gasteiger partial charge in [0.1, 0.15) is 0 Å². The lowest BCUT2D eigenvalue weighted by Crippen LogP contribution is -2.14. The number of fused-ring (bicyclic) bond motifs is 1. The first kappa shape index (κ1) is 16.7. The Kier molecular flexibility index (Phi) is 4.22. The number of benzene rings is 3. The summed E-state index contributed by atoms with van der Waals surface area (Å²) in [6.45, 7) is 0. The minimum atomic E-state index is -1.22. The van der Waals surface area contributed by atoms with E-state index in [4.69, 9.17) is 0 Å². The van der Waals surface area contributed by atoms with Gasteiger partial charge in [-0.05, 0) is 11.6 Å². The van der Waals surface area contributed by atoms with Crippen LogP contribution in [-0.2, 0) is 0 Å². The topological polar surface area (TPSA) is 67.3 Å². The van der Waals surface area contributed by atoms with Gasteiger partial charge in [0.15, 0.2) is 11.5 Å². The van der Waals surface area contributed by atoms with E-state index < -0.39 is 5.97 Å². The summed E-state index contributed by atoms with van der Waals surface area (Å²) in [5.74, 6) is -1.58. The number of para-hydroxylation sites is 1. The highest BCUT2D eigenvalue weighted by Crippen LogP contribution is 2.34. The molecule has 0 aliphatic carbocycles. The quantitative estimate of drug-likeness (QED) is 0.534. The van der Waals surface area contributed by atoms with Gasteiger partial charge in [0.25, 0.3) is 0 Å². The van der Waals surface area contributed by atoms with E-state index in [1.807, 2.05) is 48.5 Å². The standard InChI is InChI=1S/C23H15NO3/c25-22(16-11-5-2-6-12-16)20-19(15-9-3-1-4-10-15)17-13-7-8-14-18(17)24-21(20)23(26)27/h1-14H,(H,26,27). The SMILES string of the molecule is O=C(O)c1nc2ccccc2c(-c2ccccc2)c1C(=O)c1ccccc1. The summed E-state index contributed by atoms with van der Waals surface area (Å²) < 4.78 is 0. The summed E-state index contributed by atoms with van der Waals surface area (Å²) in [6, 6.07) is 25.3. The van der Waals surface area contributed by atoms with Gasteiger partial charge in [0.2, 0.25) is 0 Å². The van der Waals surface area contributed by atoms with Crippen LogP contribution < -0.4 is 0 Å². The number of carbonyl (C=O) groups excluding carboxylic acids is 1. The third-order valence-corrected chi connectivity index (χ3v) is 4.42. The highest BCUT2D eigenvalue weighted by molar-refractivity contribution is 6.20. The highest BCUT2D eigenvalue weighted by Gasteiger charge is 2.26. The van der Waals surface area contributed by atoms with E-state index in [1.165, 1.54) is 0 Å². The molecule has 0 unspecified atom stereocenters. The van der Waals surface area contributed by atoms with Crippen molar-refractivity contribution < 1.29 is 14.7 Å². The second-order valence-electron chi connectivity index (χ2n) is 6.09. The average molecular weight is 353 g/mol. The van der Waals surface area contributed by atoms with Crippen molar-refractivity contribution in [3.63, 3.8) is 0 Å². The zero-order valence-electron chi connectivity index (χ0n) is 14.3. The van der Waals surface area contributed by atoms with Crippen LogP contribution in [-0.4, -0.2) is 21.8 Å². The molecule has 4 rings (SSSR count). The normalized spacial score (nSPS) is 10.7. The molecular weight excluding hydrogens is 338 g/mol. The summed E-state index contributed by atoms with van der Waals surface area (Å²) in [6.07, 6.45) is 0. The van der Waals surface area contributed by atoms with Crippen LogP contribution in [0.2, 0.25) is 0 Å². The first-order valence-electron chi connectivity index (χ1n) is 8.48. The summed E-state index contributed by atoms with van der Waals surface area (Å²) in [5.41, 5.74) is 2.21. The number of hydrogen-bond donors (Lipinski definition) is 1. The Morgan fingerprint density at radius 1 is 0.741 bits per heavy atom. The molecule has 0 fully saturated rings. The fourth-order valence-electron chi connectivity index (χ4n) is 3.23. The van der Waals surface area contributed by atoms with Crippen LogP contribution in [0.15, 0.2) is 84.9 Å². The summed E-state index contributed by atoms with van der Waals surface area (Å²) in [4.78, 5) is 29.6. The van der Waals surface area contributed by atoms with Gasteiger partial charge >= 0.3 is 5.97 Å². The molecule has 1 N–H and O–H groups in total. The van der Waals surface area contributed by atoms with Crippen molar-refractivity contribution >= 4 is 22.7 Å². The fourth-order valence-corrected chi connectivity index (χ4v) is 3.23. The van der Waals surface area contributed by atoms with Crippen molar-refractivity contribution in [1.29, 1.82) is 0 Å². The van der Waals surface area contributed by atoms with Crippen LogP contribution in [0.25, 0.3) is 22.0 Å². The number of ketones is 1. The average Bonchev–Trinajstić information content (AvgIpc) is 2.73. The first-order valence-corrected chi connectivity index (χ1v) is 8.48. The molecule has 0 saturated heterocycles. The first-order chi connectivity index (χ1) is 13.2. The molecule has 0 aliphatic rings.